The van der Waals surface area contributed by atoms with Gasteiger partial charge in [-0.15, -0.1) is 0 Å². The lowest BCUT2D eigenvalue weighted by molar-refractivity contribution is -0.161. The van der Waals surface area contributed by atoms with Crippen molar-refractivity contribution in [1.29, 1.82) is 0 Å². The van der Waals surface area contributed by atoms with Crippen LogP contribution in [-0.4, -0.2) is 37.7 Å². The SMILES string of the molecule is CCOC(=O)C/C(C)=C/CC/C(C)=C/CC(C(=O)OCC)C(=O)OCC. The second-order valence-electron chi connectivity index (χ2n) is 5.91. The van der Waals surface area contributed by atoms with Gasteiger partial charge in [0.05, 0.1) is 26.2 Å². The summed E-state index contributed by atoms with van der Waals surface area (Å²) in [7, 11) is 0. The van der Waals surface area contributed by atoms with E-state index in [9.17, 15) is 14.4 Å². The Hall–Kier alpha value is -2.11. The molecular formula is C20H32O6. The lowest BCUT2D eigenvalue weighted by Gasteiger charge is -2.13. The Labute approximate surface area is 156 Å². The van der Waals surface area contributed by atoms with Crippen molar-refractivity contribution in [3.8, 4) is 0 Å². The first-order valence-electron chi connectivity index (χ1n) is 9.15. The first-order valence-corrected chi connectivity index (χ1v) is 9.15. The Morgan fingerprint density at radius 1 is 0.808 bits per heavy atom. The summed E-state index contributed by atoms with van der Waals surface area (Å²) in [5.74, 6) is -2.26. The molecule has 0 aliphatic heterocycles. The normalized spacial score (nSPS) is 12.1. The fourth-order valence-electron chi connectivity index (χ4n) is 2.25. The van der Waals surface area contributed by atoms with Crippen LogP contribution in [0, 0.1) is 5.92 Å². The van der Waals surface area contributed by atoms with Crippen LogP contribution in [0.5, 0.6) is 0 Å². The quantitative estimate of drug-likeness (QED) is 0.226. The smallest absolute Gasteiger partial charge is 0.320 e. The minimum absolute atomic E-state index is 0.222. The van der Waals surface area contributed by atoms with Crippen LogP contribution in [0.1, 0.15) is 60.3 Å². The lowest BCUT2D eigenvalue weighted by Crippen LogP contribution is -2.27. The van der Waals surface area contributed by atoms with E-state index in [-0.39, 0.29) is 25.6 Å². The number of hydrogen-bond donors (Lipinski definition) is 0. The van der Waals surface area contributed by atoms with Crippen molar-refractivity contribution in [3.63, 3.8) is 0 Å². The molecule has 0 N–H and O–H groups in total. The van der Waals surface area contributed by atoms with Crippen LogP contribution in [0.3, 0.4) is 0 Å². The standard InChI is InChI=1S/C20H32O6/c1-6-24-18(21)14-16(5)11-9-10-15(4)12-13-17(19(22)25-7-2)20(23)26-8-3/h11-12,17H,6-10,13-14H2,1-5H3/b15-12+,16-11+. The summed E-state index contributed by atoms with van der Waals surface area (Å²) in [6.45, 7) is 9.86. The van der Waals surface area contributed by atoms with Gasteiger partial charge >= 0.3 is 17.9 Å². The zero-order valence-corrected chi connectivity index (χ0v) is 16.6. The summed E-state index contributed by atoms with van der Waals surface area (Å²) in [6.07, 6.45) is 5.98. The highest BCUT2D eigenvalue weighted by Crippen LogP contribution is 2.15. The molecule has 0 atom stereocenters. The second kappa shape index (κ2) is 14.1. The fraction of sp³-hybridized carbons (Fsp3) is 0.650. The molecule has 0 aromatic carbocycles. The maximum Gasteiger partial charge on any atom is 0.320 e. The average Bonchev–Trinajstić information content (AvgIpc) is 2.55. The topological polar surface area (TPSA) is 78.9 Å². The molecule has 0 aromatic heterocycles. The number of carbonyl (C=O) groups is 3. The van der Waals surface area contributed by atoms with E-state index < -0.39 is 17.9 Å². The number of carbonyl (C=O) groups excluding carboxylic acids is 3. The van der Waals surface area contributed by atoms with Gasteiger partial charge in [-0.25, -0.2) is 0 Å². The van der Waals surface area contributed by atoms with Gasteiger partial charge in [0.2, 0.25) is 0 Å². The maximum atomic E-state index is 11.9. The summed E-state index contributed by atoms with van der Waals surface area (Å²) in [4.78, 5) is 35.3. The van der Waals surface area contributed by atoms with Gasteiger partial charge in [0.25, 0.3) is 0 Å². The first-order chi connectivity index (χ1) is 12.3. The third kappa shape index (κ3) is 10.7. The molecule has 26 heavy (non-hydrogen) atoms. The molecule has 0 unspecified atom stereocenters. The fourth-order valence-corrected chi connectivity index (χ4v) is 2.25. The van der Waals surface area contributed by atoms with E-state index in [1.54, 1.807) is 20.8 Å². The number of hydrogen-bond acceptors (Lipinski definition) is 6. The summed E-state index contributed by atoms with van der Waals surface area (Å²) in [5, 5.41) is 0. The molecule has 0 spiro atoms. The van der Waals surface area contributed by atoms with E-state index >= 15 is 0 Å². The lowest BCUT2D eigenvalue weighted by atomic mass is 10.0. The molecule has 0 fully saturated rings. The van der Waals surface area contributed by atoms with Crippen molar-refractivity contribution >= 4 is 17.9 Å². The summed E-state index contributed by atoms with van der Waals surface area (Å²) < 4.78 is 14.8. The Balaban J connectivity index is 4.59. The first kappa shape index (κ1) is 23.9. The van der Waals surface area contributed by atoms with Crippen LogP contribution in [0.4, 0.5) is 0 Å². The summed E-state index contributed by atoms with van der Waals surface area (Å²) in [6, 6.07) is 0. The van der Waals surface area contributed by atoms with Crippen LogP contribution >= 0.6 is 0 Å². The molecule has 6 heteroatoms. The maximum absolute atomic E-state index is 11.9. The van der Waals surface area contributed by atoms with E-state index in [2.05, 4.69) is 0 Å². The van der Waals surface area contributed by atoms with E-state index in [0.29, 0.717) is 13.0 Å². The third-order valence-corrected chi connectivity index (χ3v) is 3.60. The molecule has 0 saturated heterocycles. The van der Waals surface area contributed by atoms with E-state index in [0.717, 1.165) is 24.0 Å². The van der Waals surface area contributed by atoms with Gasteiger partial charge in [-0.3, -0.25) is 14.4 Å². The van der Waals surface area contributed by atoms with E-state index in [4.69, 9.17) is 14.2 Å². The molecule has 0 heterocycles. The Morgan fingerprint density at radius 3 is 1.85 bits per heavy atom. The van der Waals surface area contributed by atoms with Crippen LogP contribution in [0.25, 0.3) is 0 Å². The average molecular weight is 368 g/mol. The monoisotopic (exact) mass is 368 g/mol. The van der Waals surface area contributed by atoms with E-state index in [1.165, 1.54) is 0 Å². The van der Waals surface area contributed by atoms with Gasteiger partial charge in [0, 0.05) is 0 Å². The highest BCUT2D eigenvalue weighted by Gasteiger charge is 2.28. The van der Waals surface area contributed by atoms with Crippen molar-refractivity contribution in [2.24, 2.45) is 5.92 Å². The Morgan fingerprint density at radius 2 is 1.35 bits per heavy atom. The number of esters is 3. The zero-order valence-electron chi connectivity index (χ0n) is 16.6. The zero-order chi connectivity index (χ0) is 19.9. The summed E-state index contributed by atoms with van der Waals surface area (Å²) >= 11 is 0. The van der Waals surface area contributed by atoms with Crippen molar-refractivity contribution in [1.82, 2.24) is 0 Å². The highest BCUT2D eigenvalue weighted by atomic mass is 16.6. The largest absolute Gasteiger partial charge is 0.466 e. The molecule has 0 aliphatic rings. The van der Waals surface area contributed by atoms with Gasteiger partial charge in [-0.1, -0.05) is 23.3 Å². The predicted molar refractivity (Wildman–Crippen MR) is 99.4 cm³/mol. The van der Waals surface area contributed by atoms with Gasteiger partial charge in [0.15, 0.2) is 5.92 Å². The highest BCUT2D eigenvalue weighted by molar-refractivity contribution is 5.95. The van der Waals surface area contributed by atoms with Crippen LogP contribution in [0.15, 0.2) is 23.3 Å². The summed E-state index contributed by atoms with van der Waals surface area (Å²) in [5.41, 5.74) is 2.02. The Bertz CT molecular complexity index is 500. The van der Waals surface area contributed by atoms with Crippen molar-refractivity contribution in [3.05, 3.63) is 23.3 Å². The molecule has 148 valence electrons. The molecule has 0 aliphatic carbocycles. The Kier molecular flexibility index (Phi) is 13.0. The molecule has 0 saturated carbocycles. The number of ether oxygens (including phenoxy) is 3. The molecule has 0 aromatic rings. The molecular weight excluding hydrogens is 336 g/mol. The number of allylic oxidation sites excluding steroid dienone is 3. The van der Waals surface area contributed by atoms with Crippen molar-refractivity contribution < 1.29 is 28.6 Å². The van der Waals surface area contributed by atoms with Crippen LogP contribution < -0.4 is 0 Å². The van der Waals surface area contributed by atoms with Crippen LogP contribution in [-0.2, 0) is 28.6 Å². The van der Waals surface area contributed by atoms with E-state index in [1.807, 2.05) is 26.0 Å². The molecule has 0 rings (SSSR count). The minimum Gasteiger partial charge on any atom is -0.466 e. The van der Waals surface area contributed by atoms with Crippen molar-refractivity contribution in [2.75, 3.05) is 19.8 Å². The van der Waals surface area contributed by atoms with Gasteiger partial charge in [-0.05, 0) is 53.9 Å². The molecule has 6 nitrogen and oxygen atoms in total. The molecule has 0 amide bonds. The molecule has 0 radical (unpaired) electrons. The van der Waals surface area contributed by atoms with Gasteiger partial charge in [-0.2, -0.15) is 0 Å². The number of rotatable bonds is 12. The minimum atomic E-state index is -0.925. The second-order valence-corrected chi connectivity index (χ2v) is 5.91. The van der Waals surface area contributed by atoms with Gasteiger partial charge < -0.3 is 14.2 Å². The van der Waals surface area contributed by atoms with Crippen LogP contribution in [0.2, 0.25) is 0 Å². The predicted octanol–water partition coefficient (Wildman–Crippen LogP) is 3.74. The molecule has 0 bridgehead atoms. The van der Waals surface area contributed by atoms with Gasteiger partial charge in [0.1, 0.15) is 0 Å². The third-order valence-electron chi connectivity index (χ3n) is 3.60. The van der Waals surface area contributed by atoms with Crippen molar-refractivity contribution in [2.45, 2.75) is 60.3 Å².